The molecule has 1 fully saturated rings. The molecule has 0 atom stereocenters. The second-order valence-corrected chi connectivity index (χ2v) is 8.42. The molecule has 4 rings (SSSR count). The Kier molecular flexibility index (Phi) is 7.69. The van der Waals surface area contributed by atoms with Crippen LogP contribution < -0.4 is 9.47 Å². The van der Waals surface area contributed by atoms with E-state index < -0.39 is 0 Å². The molecule has 0 spiro atoms. The van der Waals surface area contributed by atoms with Gasteiger partial charge in [0.15, 0.2) is 0 Å². The van der Waals surface area contributed by atoms with Gasteiger partial charge in [-0.15, -0.1) is 0 Å². The smallest absolute Gasteiger partial charge is 0.147 e. The van der Waals surface area contributed by atoms with Crippen LogP contribution in [-0.2, 0) is 5.75 Å². The molecular formula is C24H28N2O3S. The summed E-state index contributed by atoms with van der Waals surface area (Å²) >= 11 is 1.77. The normalized spacial score (nSPS) is 14.1. The third-order valence-corrected chi connectivity index (χ3v) is 6.01. The fourth-order valence-electron chi connectivity index (χ4n) is 3.45. The quantitative estimate of drug-likeness (QED) is 0.398. The van der Waals surface area contributed by atoms with E-state index in [0.29, 0.717) is 6.61 Å². The lowest BCUT2D eigenvalue weighted by atomic mass is 10.1. The highest BCUT2D eigenvalue weighted by atomic mass is 32.2. The standard InChI is InChI=1S/C24H28N2O3S/c1-2-6-21(7-3-1)28-16-17-30-19-23-18-24(25-29-23)20-8-10-22(11-9-20)27-15-14-26-12-4-5-13-26/h1-3,6-11,18H,4-5,12-17,19H2. The number of hydrogen-bond donors (Lipinski definition) is 0. The van der Waals surface area contributed by atoms with E-state index in [4.69, 9.17) is 14.0 Å². The lowest BCUT2D eigenvalue weighted by Gasteiger charge is -2.14. The molecule has 1 aliphatic heterocycles. The van der Waals surface area contributed by atoms with Gasteiger partial charge in [0.05, 0.1) is 12.4 Å². The molecular weight excluding hydrogens is 396 g/mol. The molecule has 0 unspecified atom stereocenters. The molecule has 1 aliphatic rings. The van der Waals surface area contributed by atoms with Crippen LogP contribution in [0, 0.1) is 0 Å². The minimum absolute atomic E-state index is 0.675. The Labute approximate surface area is 182 Å². The maximum atomic E-state index is 5.87. The van der Waals surface area contributed by atoms with Gasteiger partial charge in [0.25, 0.3) is 0 Å². The van der Waals surface area contributed by atoms with Crippen LogP contribution in [0.4, 0.5) is 0 Å². The van der Waals surface area contributed by atoms with Crippen molar-refractivity contribution in [1.29, 1.82) is 0 Å². The van der Waals surface area contributed by atoms with Crippen LogP contribution in [0.15, 0.2) is 65.2 Å². The highest BCUT2D eigenvalue weighted by Crippen LogP contribution is 2.24. The van der Waals surface area contributed by atoms with Gasteiger partial charge in [-0.05, 0) is 62.3 Å². The number of para-hydroxylation sites is 1. The second-order valence-electron chi connectivity index (χ2n) is 7.31. The van der Waals surface area contributed by atoms with Crippen molar-refractivity contribution in [3.63, 3.8) is 0 Å². The molecule has 1 aromatic heterocycles. The molecule has 0 radical (unpaired) electrons. The number of likely N-dealkylation sites (tertiary alicyclic amines) is 1. The minimum atomic E-state index is 0.675. The SMILES string of the molecule is c1ccc(OCCSCc2cc(-c3ccc(OCCN4CCCC4)cc3)no2)cc1. The molecule has 158 valence electrons. The van der Waals surface area contributed by atoms with Gasteiger partial charge in [0, 0.05) is 23.9 Å². The number of benzene rings is 2. The van der Waals surface area contributed by atoms with Crippen molar-refractivity contribution in [1.82, 2.24) is 10.1 Å². The Morgan fingerprint density at radius 2 is 1.63 bits per heavy atom. The van der Waals surface area contributed by atoms with Gasteiger partial charge >= 0.3 is 0 Å². The average molecular weight is 425 g/mol. The Balaban J connectivity index is 1.17. The summed E-state index contributed by atoms with van der Waals surface area (Å²) in [4.78, 5) is 2.46. The van der Waals surface area contributed by atoms with Crippen molar-refractivity contribution < 1.29 is 14.0 Å². The Morgan fingerprint density at radius 1 is 0.900 bits per heavy atom. The van der Waals surface area contributed by atoms with Crippen LogP contribution in [-0.4, -0.2) is 48.7 Å². The molecule has 1 saturated heterocycles. The number of hydrogen-bond acceptors (Lipinski definition) is 6. The zero-order valence-corrected chi connectivity index (χ0v) is 18.0. The average Bonchev–Trinajstić information content (AvgIpc) is 3.47. The van der Waals surface area contributed by atoms with Gasteiger partial charge in [-0.3, -0.25) is 4.90 Å². The summed E-state index contributed by atoms with van der Waals surface area (Å²) in [5.41, 5.74) is 1.89. The predicted octanol–water partition coefficient (Wildman–Crippen LogP) is 5.13. The van der Waals surface area contributed by atoms with E-state index in [9.17, 15) is 0 Å². The zero-order valence-electron chi connectivity index (χ0n) is 17.2. The van der Waals surface area contributed by atoms with E-state index in [2.05, 4.69) is 10.1 Å². The number of rotatable bonds is 11. The molecule has 5 nitrogen and oxygen atoms in total. The number of nitrogens with zero attached hydrogens (tertiary/aromatic N) is 2. The monoisotopic (exact) mass is 424 g/mol. The number of aromatic nitrogens is 1. The van der Waals surface area contributed by atoms with E-state index in [1.54, 1.807) is 11.8 Å². The maximum absolute atomic E-state index is 5.87. The van der Waals surface area contributed by atoms with E-state index in [-0.39, 0.29) is 0 Å². The Morgan fingerprint density at radius 3 is 2.43 bits per heavy atom. The van der Waals surface area contributed by atoms with Crippen LogP contribution in [0.3, 0.4) is 0 Å². The first kappa shape index (κ1) is 20.8. The maximum Gasteiger partial charge on any atom is 0.147 e. The molecule has 0 amide bonds. The van der Waals surface area contributed by atoms with Crippen LogP contribution in [0.2, 0.25) is 0 Å². The minimum Gasteiger partial charge on any atom is -0.493 e. The molecule has 2 aromatic carbocycles. The topological polar surface area (TPSA) is 47.7 Å². The third kappa shape index (κ3) is 6.28. The fourth-order valence-corrected chi connectivity index (χ4v) is 4.13. The van der Waals surface area contributed by atoms with Crippen molar-refractivity contribution in [2.45, 2.75) is 18.6 Å². The first-order chi connectivity index (χ1) is 14.9. The lowest BCUT2D eigenvalue weighted by Crippen LogP contribution is -2.25. The molecule has 30 heavy (non-hydrogen) atoms. The molecule has 2 heterocycles. The van der Waals surface area contributed by atoms with E-state index in [1.807, 2.05) is 60.7 Å². The predicted molar refractivity (Wildman–Crippen MR) is 121 cm³/mol. The summed E-state index contributed by atoms with van der Waals surface area (Å²) in [5, 5.41) is 4.21. The van der Waals surface area contributed by atoms with Gasteiger partial charge in [-0.2, -0.15) is 11.8 Å². The van der Waals surface area contributed by atoms with Crippen LogP contribution in [0.25, 0.3) is 11.3 Å². The lowest BCUT2D eigenvalue weighted by molar-refractivity contribution is 0.238. The van der Waals surface area contributed by atoms with Gasteiger partial charge in [0.1, 0.15) is 29.6 Å². The molecule has 0 bridgehead atoms. The van der Waals surface area contributed by atoms with Crippen LogP contribution >= 0.6 is 11.8 Å². The number of ether oxygens (including phenoxy) is 2. The Bertz CT molecular complexity index is 877. The zero-order chi connectivity index (χ0) is 20.4. The molecule has 3 aromatic rings. The van der Waals surface area contributed by atoms with E-state index >= 15 is 0 Å². The van der Waals surface area contributed by atoms with E-state index in [0.717, 1.165) is 53.2 Å². The summed E-state index contributed by atoms with van der Waals surface area (Å²) in [6.45, 7) is 4.82. The van der Waals surface area contributed by atoms with Crippen molar-refractivity contribution >= 4 is 11.8 Å². The van der Waals surface area contributed by atoms with Crippen LogP contribution in [0.5, 0.6) is 11.5 Å². The molecule has 6 heteroatoms. The van der Waals surface area contributed by atoms with Crippen molar-refractivity contribution in [3.8, 4) is 22.8 Å². The molecule has 0 N–H and O–H groups in total. The number of thioether (sulfide) groups is 1. The summed E-state index contributed by atoms with van der Waals surface area (Å²) in [5.74, 6) is 4.36. The molecule has 0 aliphatic carbocycles. The van der Waals surface area contributed by atoms with Crippen molar-refractivity contribution in [2.75, 3.05) is 38.6 Å². The summed E-state index contributed by atoms with van der Waals surface area (Å²) in [6, 6.07) is 20.0. The van der Waals surface area contributed by atoms with Gasteiger partial charge in [0.2, 0.25) is 0 Å². The highest BCUT2D eigenvalue weighted by molar-refractivity contribution is 7.98. The first-order valence-corrected chi connectivity index (χ1v) is 11.7. The van der Waals surface area contributed by atoms with E-state index in [1.165, 1.54) is 25.9 Å². The van der Waals surface area contributed by atoms with Gasteiger partial charge < -0.3 is 14.0 Å². The second kappa shape index (κ2) is 11.1. The summed E-state index contributed by atoms with van der Waals surface area (Å²) in [6.07, 6.45) is 2.63. The summed E-state index contributed by atoms with van der Waals surface area (Å²) < 4.78 is 17.1. The third-order valence-electron chi connectivity index (χ3n) is 5.07. The van der Waals surface area contributed by atoms with Gasteiger partial charge in [-0.25, -0.2) is 0 Å². The van der Waals surface area contributed by atoms with Crippen molar-refractivity contribution in [2.24, 2.45) is 0 Å². The first-order valence-electron chi connectivity index (χ1n) is 10.5. The largest absolute Gasteiger partial charge is 0.493 e. The van der Waals surface area contributed by atoms with Crippen LogP contribution in [0.1, 0.15) is 18.6 Å². The summed E-state index contributed by atoms with van der Waals surface area (Å²) in [7, 11) is 0. The Hall–Kier alpha value is -2.44. The van der Waals surface area contributed by atoms with Gasteiger partial charge in [-0.1, -0.05) is 23.4 Å². The highest BCUT2D eigenvalue weighted by Gasteiger charge is 2.11. The van der Waals surface area contributed by atoms with Crippen molar-refractivity contribution in [3.05, 3.63) is 66.4 Å². The fraction of sp³-hybridized carbons (Fsp3) is 0.375. The molecule has 0 saturated carbocycles.